The molecule has 1 aromatic heterocycles. The molecular weight excluding hydrogens is 372 g/mol. The molecule has 8 heteroatoms. The number of hydrogen-bond donors (Lipinski definition) is 1. The van der Waals surface area contributed by atoms with E-state index < -0.39 is 5.97 Å². The van der Waals surface area contributed by atoms with Crippen molar-refractivity contribution in [2.75, 3.05) is 12.3 Å². The summed E-state index contributed by atoms with van der Waals surface area (Å²) in [6.45, 7) is 0.0573. The lowest BCUT2D eigenvalue weighted by atomic mass is 10.1. The van der Waals surface area contributed by atoms with Crippen LogP contribution in [0.15, 0.2) is 48.5 Å². The van der Waals surface area contributed by atoms with Crippen molar-refractivity contribution < 1.29 is 19.1 Å². The Morgan fingerprint density at radius 3 is 2.34 bits per heavy atom. The van der Waals surface area contributed by atoms with Crippen molar-refractivity contribution in [2.45, 2.75) is 19.4 Å². The van der Waals surface area contributed by atoms with Gasteiger partial charge in [0.25, 0.3) is 11.8 Å². The Morgan fingerprint density at radius 1 is 0.966 bits per heavy atom. The monoisotopic (exact) mass is 390 g/mol. The third-order valence-corrected chi connectivity index (χ3v) is 4.68. The molecule has 0 atom stereocenters. The summed E-state index contributed by atoms with van der Waals surface area (Å²) in [7, 11) is 0. The Hall–Kier alpha value is -3.81. The second-order valence-corrected chi connectivity index (χ2v) is 6.61. The number of carbonyl (C=O) groups is 3. The number of rotatable bonds is 6. The van der Waals surface area contributed by atoms with Gasteiger partial charge >= 0.3 is 5.97 Å². The lowest BCUT2D eigenvalue weighted by molar-refractivity contribution is -0.145. The van der Waals surface area contributed by atoms with E-state index in [1.165, 1.54) is 0 Å². The van der Waals surface area contributed by atoms with Crippen molar-refractivity contribution in [3.05, 3.63) is 65.5 Å². The van der Waals surface area contributed by atoms with E-state index in [1.807, 2.05) is 18.2 Å². The van der Waals surface area contributed by atoms with Crippen molar-refractivity contribution in [3.63, 3.8) is 0 Å². The van der Waals surface area contributed by atoms with Gasteiger partial charge in [0.15, 0.2) is 12.4 Å². The maximum atomic E-state index is 12.3. The molecule has 2 N–H and O–H groups in total. The second kappa shape index (κ2) is 7.67. The Bertz CT molecular complexity index is 1090. The van der Waals surface area contributed by atoms with Gasteiger partial charge in [-0.3, -0.25) is 19.3 Å². The highest BCUT2D eigenvalue weighted by Gasteiger charge is 2.34. The third-order valence-electron chi connectivity index (χ3n) is 4.68. The van der Waals surface area contributed by atoms with Crippen LogP contribution < -0.4 is 5.73 Å². The first-order valence-electron chi connectivity index (χ1n) is 9.16. The zero-order chi connectivity index (χ0) is 20.4. The number of para-hydroxylation sites is 1. The smallest absolute Gasteiger partial charge is 0.306 e. The van der Waals surface area contributed by atoms with Crippen LogP contribution in [0.1, 0.15) is 39.4 Å². The summed E-state index contributed by atoms with van der Waals surface area (Å²) >= 11 is 0. The van der Waals surface area contributed by atoms with Gasteiger partial charge in [-0.2, -0.15) is 0 Å². The molecule has 0 spiro atoms. The number of ether oxygens (including phenoxy) is 1. The van der Waals surface area contributed by atoms with E-state index in [0.717, 1.165) is 10.3 Å². The molecule has 1 aliphatic heterocycles. The van der Waals surface area contributed by atoms with Gasteiger partial charge < -0.3 is 10.5 Å². The average Bonchev–Trinajstić information content (AvgIpc) is 2.97. The molecule has 0 saturated heterocycles. The molecule has 2 amide bonds. The number of esters is 1. The largest absolute Gasteiger partial charge is 0.457 e. The van der Waals surface area contributed by atoms with Crippen molar-refractivity contribution in [2.24, 2.45) is 0 Å². The van der Waals surface area contributed by atoms with Crippen LogP contribution in [-0.4, -0.2) is 39.2 Å². The SMILES string of the molecule is Nc1nc(COC(=O)CCCN2C(=O)c3ccccc3C2=O)nc2ccccc12. The number of nitrogens with zero attached hydrogens (tertiary/aromatic N) is 3. The lowest BCUT2D eigenvalue weighted by Gasteiger charge is -2.13. The maximum Gasteiger partial charge on any atom is 0.306 e. The topological polar surface area (TPSA) is 115 Å². The van der Waals surface area contributed by atoms with E-state index in [0.29, 0.717) is 34.7 Å². The van der Waals surface area contributed by atoms with Gasteiger partial charge in [-0.15, -0.1) is 0 Å². The van der Waals surface area contributed by atoms with E-state index >= 15 is 0 Å². The number of hydrogen-bond acceptors (Lipinski definition) is 7. The van der Waals surface area contributed by atoms with Crippen LogP contribution in [-0.2, 0) is 16.1 Å². The Balaban J connectivity index is 1.29. The molecule has 3 aromatic rings. The van der Waals surface area contributed by atoms with E-state index in [2.05, 4.69) is 9.97 Å². The number of aromatic nitrogens is 2. The highest BCUT2D eigenvalue weighted by molar-refractivity contribution is 6.21. The van der Waals surface area contributed by atoms with E-state index in [4.69, 9.17) is 10.5 Å². The minimum atomic E-state index is -0.461. The highest BCUT2D eigenvalue weighted by atomic mass is 16.5. The summed E-state index contributed by atoms with van der Waals surface area (Å²) in [5, 5.41) is 0.739. The number of benzene rings is 2. The number of anilines is 1. The second-order valence-electron chi connectivity index (χ2n) is 6.61. The minimum Gasteiger partial charge on any atom is -0.457 e. The molecule has 0 bridgehead atoms. The van der Waals surface area contributed by atoms with Crippen LogP contribution >= 0.6 is 0 Å². The van der Waals surface area contributed by atoms with Crippen LogP contribution in [0.5, 0.6) is 0 Å². The van der Waals surface area contributed by atoms with Gasteiger partial charge in [0.1, 0.15) is 5.82 Å². The van der Waals surface area contributed by atoms with Crippen molar-refractivity contribution >= 4 is 34.5 Å². The number of carbonyl (C=O) groups excluding carboxylic acids is 3. The van der Waals surface area contributed by atoms with Gasteiger partial charge in [0.2, 0.25) is 0 Å². The van der Waals surface area contributed by atoms with Crippen molar-refractivity contribution in [1.82, 2.24) is 14.9 Å². The molecular formula is C21H18N4O4. The van der Waals surface area contributed by atoms with Gasteiger partial charge in [-0.25, -0.2) is 9.97 Å². The standard InChI is InChI=1S/C21H18N4O4/c22-19-15-8-3-4-9-16(15)23-17(24-19)12-29-18(26)10-5-11-25-20(27)13-6-1-2-7-14(13)21(25)28/h1-4,6-9H,5,10-12H2,(H2,22,23,24). The molecule has 146 valence electrons. The summed E-state index contributed by atoms with van der Waals surface area (Å²) < 4.78 is 5.20. The molecule has 4 rings (SSSR count). The predicted molar refractivity (Wildman–Crippen MR) is 105 cm³/mol. The Kier molecular flexibility index (Phi) is 4.90. The lowest BCUT2D eigenvalue weighted by Crippen LogP contribution is -2.31. The molecule has 1 aliphatic rings. The highest BCUT2D eigenvalue weighted by Crippen LogP contribution is 2.22. The summed E-state index contributed by atoms with van der Waals surface area (Å²) in [6, 6.07) is 14.0. The molecule has 29 heavy (non-hydrogen) atoms. The molecule has 2 aromatic carbocycles. The number of fused-ring (bicyclic) bond motifs is 2. The summed E-state index contributed by atoms with van der Waals surface area (Å²) in [4.78, 5) is 46.2. The molecule has 2 heterocycles. The first-order valence-corrected chi connectivity index (χ1v) is 9.16. The van der Waals surface area contributed by atoms with Crippen LogP contribution in [0.25, 0.3) is 10.9 Å². The Morgan fingerprint density at radius 2 is 1.62 bits per heavy atom. The summed E-state index contributed by atoms with van der Waals surface area (Å²) in [5.74, 6) is -0.489. The third kappa shape index (κ3) is 3.64. The fourth-order valence-corrected chi connectivity index (χ4v) is 3.26. The van der Waals surface area contributed by atoms with Gasteiger partial charge in [-0.05, 0) is 30.7 Å². The fourth-order valence-electron chi connectivity index (χ4n) is 3.26. The van der Waals surface area contributed by atoms with Crippen LogP contribution in [0.3, 0.4) is 0 Å². The normalized spacial score (nSPS) is 13.0. The number of nitrogens with two attached hydrogens (primary N) is 1. The molecule has 0 saturated carbocycles. The van der Waals surface area contributed by atoms with E-state index in [-0.39, 0.29) is 31.4 Å². The van der Waals surface area contributed by atoms with E-state index in [9.17, 15) is 14.4 Å². The van der Waals surface area contributed by atoms with Gasteiger partial charge in [-0.1, -0.05) is 24.3 Å². The quantitative estimate of drug-likeness (QED) is 0.507. The Labute approximate surface area is 166 Å². The average molecular weight is 390 g/mol. The van der Waals surface area contributed by atoms with Crippen molar-refractivity contribution in [1.29, 1.82) is 0 Å². The summed E-state index contributed by atoms with van der Waals surface area (Å²) in [5.41, 5.74) is 7.38. The number of imide groups is 1. The van der Waals surface area contributed by atoms with E-state index in [1.54, 1.807) is 30.3 Å². The zero-order valence-electron chi connectivity index (χ0n) is 15.5. The minimum absolute atomic E-state index is 0.0659. The fraction of sp³-hybridized carbons (Fsp3) is 0.190. The van der Waals surface area contributed by atoms with Crippen LogP contribution in [0, 0.1) is 0 Å². The van der Waals surface area contributed by atoms with Gasteiger partial charge in [0, 0.05) is 18.4 Å². The van der Waals surface area contributed by atoms with Crippen LogP contribution in [0.2, 0.25) is 0 Å². The maximum absolute atomic E-state index is 12.3. The molecule has 0 unspecified atom stereocenters. The zero-order valence-corrected chi connectivity index (χ0v) is 15.5. The predicted octanol–water partition coefficient (Wildman–Crippen LogP) is 2.33. The number of amides is 2. The van der Waals surface area contributed by atoms with Crippen LogP contribution in [0.4, 0.5) is 5.82 Å². The van der Waals surface area contributed by atoms with Crippen molar-refractivity contribution in [3.8, 4) is 0 Å². The molecule has 0 radical (unpaired) electrons. The first-order chi connectivity index (χ1) is 14.0. The molecule has 8 nitrogen and oxygen atoms in total. The molecule has 0 fully saturated rings. The first kappa shape index (κ1) is 18.5. The van der Waals surface area contributed by atoms with Gasteiger partial charge in [0.05, 0.1) is 16.6 Å². The summed E-state index contributed by atoms with van der Waals surface area (Å²) in [6.07, 6.45) is 0.376. The number of nitrogen functional groups attached to an aromatic ring is 1. The molecule has 0 aliphatic carbocycles.